The van der Waals surface area contributed by atoms with Gasteiger partial charge >= 0.3 is 5.97 Å². The number of carbonyl (C=O) groups is 2. The molecule has 7 heteroatoms. The summed E-state index contributed by atoms with van der Waals surface area (Å²) in [6, 6.07) is 31.5. The first-order valence-corrected chi connectivity index (χ1v) is 12.3. The smallest absolute Gasteiger partial charge is 0.339 e. The fourth-order valence-corrected chi connectivity index (χ4v) is 4.79. The van der Waals surface area contributed by atoms with Gasteiger partial charge in [0.15, 0.2) is 6.10 Å². The molecule has 1 atom stereocenters. The Bertz CT molecular complexity index is 1420. The van der Waals surface area contributed by atoms with Crippen molar-refractivity contribution in [1.82, 2.24) is 0 Å². The summed E-state index contributed by atoms with van der Waals surface area (Å²) in [5, 5.41) is 0. The van der Waals surface area contributed by atoms with Gasteiger partial charge in [-0.2, -0.15) is 0 Å². The number of nitrogens with zero attached hydrogens (tertiary/aromatic N) is 1. The molecular weight excluding hydrogens is 462 g/mol. The van der Waals surface area contributed by atoms with Gasteiger partial charge in [-0.25, -0.2) is 13.2 Å². The maximum Gasteiger partial charge on any atom is 0.339 e. The predicted molar refractivity (Wildman–Crippen MR) is 134 cm³/mol. The molecule has 0 aromatic heterocycles. The maximum atomic E-state index is 13.2. The number of hydrogen-bond donors (Lipinski definition) is 0. The number of sulfonamides is 1. The van der Waals surface area contributed by atoms with Crippen LogP contribution < -0.4 is 4.31 Å². The highest BCUT2D eigenvalue weighted by atomic mass is 32.2. The van der Waals surface area contributed by atoms with E-state index in [1.165, 1.54) is 31.3 Å². The Morgan fingerprint density at radius 1 is 0.714 bits per heavy atom. The molecule has 0 bridgehead atoms. The van der Waals surface area contributed by atoms with Crippen LogP contribution in [0.1, 0.15) is 32.4 Å². The Morgan fingerprint density at radius 3 is 1.89 bits per heavy atom. The fourth-order valence-electron chi connectivity index (χ4n) is 3.55. The Hall–Kier alpha value is -4.23. The Labute approximate surface area is 204 Å². The molecule has 0 aliphatic rings. The summed E-state index contributed by atoms with van der Waals surface area (Å²) in [7, 11) is -2.49. The molecule has 0 radical (unpaired) electrons. The quantitative estimate of drug-likeness (QED) is 0.250. The van der Waals surface area contributed by atoms with Crippen molar-refractivity contribution in [3.05, 3.63) is 132 Å². The molecule has 1 unspecified atom stereocenters. The van der Waals surface area contributed by atoms with E-state index >= 15 is 0 Å². The van der Waals surface area contributed by atoms with Crippen molar-refractivity contribution in [2.75, 3.05) is 11.4 Å². The van der Waals surface area contributed by atoms with Gasteiger partial charge < -0.3 is 4.74 Å². The number of benzene rings is 4. The molecule has 0 heterocycles. The number of carbonyl (C=O) groups excluding carboxylic acids is 2. The first-order chi connectivity index (χ1) is 16.9. The zero-order valence-electron chi connectivity index (χ0n) is 18.9. The van der Waals surface area contributed by atoms with Crippen LogP contribution in [0, 0.1) is 0 Å². The van der Waals surface area contributed by atoms with Gasteiger partial charge in [0.25, 0.3) is 10.0 Å². The van der Waals surface area contributed by atoms with Crippen molar-refractivity contribution < 1.29 is 22.7 Å². The van der Waals surface area contributed by atoms with Crippen LogP contribution in [-0.4, -0.2) is 27.2 Å². The summed E-state index contributed by atoms with van der Waals surface area (Å²) in [6.45, 7) is 0. The Balaban J connectivity index is 1.63. The van der Waals surface area contributed by atoms with Crippen LogP contribution in [0.2, 0.25) is 0 Å². The molecular formula is C28H23NO5S. The lowest BCUT2D eigenvalue weighted by Gasteiger charge is -2.20. The molecule has 0 spiro atoms. The number of rotatable bonds is 8. The fraction of sp³-hybridized carbons (Fsp3) is 0.0714. The summed E-state index contributed by atoms with van der Waals surface area (Å²) in [5.74, 6) is -1.18. The SMILES string of the molecule is CN(c1ccccc1)S(=O)(=O)c1cccc(C(=O)OC(C(=O)c2ccccc2)c2ccccc2)c1. The number of anilines is 1. The van der Waals surface area contributed by atoms with Gasteiger partial charge in [0.05, 0.1) is 16.1 Å². The molecule has 0 saturated carbocycles. The van der Waals surface area contributed by atoms with Gasteiger partial charge in [0.2, 0.25) is 5.78 Å². The van der Waals surface area contributed by atoms with E-state index in [2.05, 4.69) is 0 Å². The standard InChI is InChI=1S/C28H23NO5S/c1-29(24-17-9-4-10-18-24)35(32,33)25-19-11-16-23(20-25)28(31)34-27(22-14-7-3-8-15-22)26(30)21-12-5-2-6-13-21/h2-20,27H,1H3. The summed E-state index contributed by atoms with van der Waals surface area (Å²) < 4.78 is 33.1. The molecule has 4 aromatic carbocycles. The first-order valence-electron chi connectivity index (χ1n) is 10.9. The third kappa shape index (κ3) is 5.31. The van der Waals surface area contributed by atoms with E-state index in [9.17, 15) is 18.0 Å². The number of Topliss-reactive ketones (excluding diaryl/α,β-unsaturated/α-hetero) is 1. The molecule has 0 aliphatic carbocycles. The van der Waals surface area contributed by atoms with Crippen molar-refractivity contribution in [3.8, 4) is 0 Å². The molecule has 0 fully saturated rings. The van der Waals surface area contributed by atoms with Gasteiger partial charge in [0, 0.05) is 18.2 Å². The summed E-state index contributed by atoms with van der Waals surface area (Å²) in [5.41, 5.74) is 1.42. The highest BCUT2D eigenvalue weighted by Crippen LogP contribution is 2.26. The molecule has 0 amide bonds. The molecule has 4 rings (SSSR count). The van der Waals surface area contributed by atoms with E-state index < -0.39 is 22.1 Å². The third-order valence-corrected chi connectivity index (χ3v) is 7.25. The summed E-state index contributed by atoms with van der Waals surface area (Å²) >= 11 is 0. The normalized spacial score (nSPS) is 11.9. The van der Waals surface area contributed by atoms with Crippen LogP contribution in [0.3, 0.4) is 0 Å². The minimum Gasteiger partial charge on any atom is -0.445 e. The van der Waals surface area contributed by atoms with Gasteiger partial charge in [-0.1, -0.05) is 84.9 Å². The van der Waals surface area contributed by atoms with Gasteiger partial charge in [-0.15, -0.1) is 0 Å². The Morgan fingerprint density at radius 2 is 1.26 bits per heavy atom. The van der Waals surface area contributed by atoms with Gasteiger partial charge in [-0.3, -0.25) is 9.10 Å². The summed E-state index contributed by atoms with van der Waals surface area (Å²) in [4.78, 5) is 26.2. The number of para-hydroxylation sites is 1. The monoisotopic (exact) mass is 485 g/mol. The second kappa shape index (κ2) is 10.4. The van der Waals surface area contributed by atoms with Crippen molar-refractivity contribution in [2.24, 2.45) is 0 Å². The minimum absolute atomic E-state index is 0.0225. The average Bonchev–Trinajstić information content (AvgIpc) is 2.92. The lowest BCUT2D eigenvalue weighted by molar-refractivity contribution is 0.0280. The van der Waals surface area contributed by atoms with E-state index in [-0.39, 0.29) is 16.2 Å². The van der Waals surface area contributed by atoms with E-state index in [1.807, 2.05) is 0 Å². The number of ketones is 1. The molecule has 6 nitrogen and oxygen atoms in total. The third-order valence-electron chi connectivity index (χ3n) is 5.47. The second-order valence-corrected chi connectivity index (χ2v) is 9.73. The first kappa shape index (κ1) is 23.9. The van der Waals surface area contributed by atoms with Crippen LogP contribution in [0.15, 0.2) is 120 Å². The highest BCUT2D eigenvalue weighted by Gasteiger charge is 2.28. The molecule has 0 saturated heterocycles. The maximum absolute atomic E-state index is 13.2. The predicted octanol–water partition coefficient (Wildman–Crippen LogP) is 5.29. The van der Waals surface area contributed by atoms with E-state index in [0.29, 0.717) is 16.8 Å². The second-order valence-electron chi connectivity index (χ2n) is 7.76. The Kier molecular flexibility index (Phi) is 7.08. The summed E-state index contributed by atoms with van der Waals surface area (Å²) in [6.07, 6.45) is -1.18. The lowest BCUT2D eigenvalue weighted by atomic mass is 10.00. The highest BCUT2D eigenvalue weighted by molar-refractivity contribution is 7.92. The molecule has 0 N–H and O–H groups in total. The zero-order chi connectivity index (χ0) is 24.8. The topological polar surface area (TPSA) is 80.8 Å². The lowest BCUT2D eigenvalue weighted by Crippen LogP contribution is -2.26. The van der Waals surface area contributed by atoms with E-state index in [1.54, 1.807) is 91.0 Å². The van der Waals surface area contributed by atoms with Crippen molar-refractivity contribution >= 4 is 27.5 Å². The number of hydrogen-bond acceptors (Lipinski definition) is 5. The van der Waals surface area contributed by atoms with E-state index in [0.717, 1.165) is 4.31 Å². The van der Waals surface area contributed by atoms with Crippen LogP contribution in [0.25, 0.3) is 0 Å². The average molecular weight is 486 g/mol. The van der Waals surface area contributed by atoms with Gasteiger partial charge in [0.1, 0.15) is 0 Å². The van der Waals surface area contributed by atoms with Crippen molar-refractivity contribution in [2.45, 2.75) is 11.0 Å². The number of esters is 1. The molecule has 4 aromatic rings. The van der Waals surface area contributed by atoms with Crippen LogP contribution in [0.4, 0.5) is 5.69 Å². The largest absolute Gasteiger partial charge is 0.445 e. The van der Waals surface area contributed by atoms with Crippen LogP contribution in [0.5, 0.6) is 0 Å². The van der Waals surface area contributed by atoms with Crippen molar-refractivity contribution in [3.63, 3.8) is 0 Å². The minimum atomic E-state index is -3.93. The number of ether oxygens (including phenoxy) is 1. The van der Waals surface area contributed by atoms with Crippen LogP contribution >= 0.6 is 0 Å². The van der Waals surface area contributed by atoms with E-state index in [4.69, 9.17) is 4.74 Å². The zero-order valence-corrected chi connectivity index (χ0v) is 19.8. The molecule has 0 aliphatic heterocycles. The van der Waals surface area contributed by atoms with Crippen LogP contribution in [-0.2, 0) is 14.8 Å². The van der Waals surface area contributed by atoms with Gasteiger partial charge in [-0.05, 0) is 30.3 Å². The van der Waals surface area contributed by atoms with Crippen molar-refractivity contribution in [1.29, 1.82) is 0 Å². The molecule has 35 heavy (non-hydrogen) atoms. The molecule has 176 valence electrons.